The highest BCUT2D eigenvalue weighted by atomic mass is 16.3. The number of rotatable bonds is 0. The second-order valence-electron chi connectivity index (χ2n) is 4.26. The van der Waals surface area contributed by atoms with Crippen molar-refractivity contribution in [2.24, 2.45) is 0 Å². The average Bonchev–Trinajstić information content (AvgIpc) is 1.83. The number of aliphatic hydroxyl groups is 1. The molecular formula is C11H18O. The fourth-order valence-corrected chi connectivity index (χ4v) is 1.83. The molecule has 1 rings (SSSR count). The zero-order valence-electron chi connectivity index (χ0n) is 8.28. The summed E-state index contributed by atoms with van der Waals surface area (Å²) >= 11 is 0. The van der Waals surface area contributed by atoms with Crippen molar-refractivity contribution in [2.75, 3.05) is 0 Å². The molecule has 1 heteroatoms. The number of hydrogen-bond donors (Lipinski definition) is 1. The van der Waals surface area contributed by atoms with E-state index in [0.29, 0.717) is 0 Å². The molecule has 68 valence electrons. The SMILES string of the molecule is C=C1CC(C)(O)CCC1=C(C)C. The molecule has 0 heterocycles. The van der Waals surface area contributed by atoms with E-state index in [2.05, 4.69) is 20.4 Å². The van der Waals surface area contributed by atoms with Crippen LogP contribution in [0, 0.1) is 0 Å². The van der Waals surface area contributed by atoms with E-state index in [1.165, 1.54) is 11.1 Å². The Kier molecular flexibility index (Phi) is 2.43. The molecule has 1 atom stereocenters. The van der Waals surface area contributed by atoms with Gasteiger partial charge in [-0.25, -0.2) is 0 Å². The fourth-order valence-electron chi connectivity index (χ4n) is 1.83. The Morgan fingerprint density at radius 2 is 2.08 bits per heavy atom. The molecule has 0 radical (unpaired) electrons. The Labute approximate surface area is 74.8 Å². The fraction of sp³-hybridized carbons (Fsp3) is 0.636. The van der Waals surface area contributed by atoms with Crippen LogP contribution in [0.15, 0.2) is 23.3 Å². The summed E-state index contributed by atoms with van der Waals surface area (Å²) in [6.45, 7) is 10.1. The summed E-state index contributed by atoms with van der Waals surface area (Å²) in [5.74, 6) is 0. The Morgan fingerprint density at radius 1 is 1.50 bits per heavy atom. The normalized spacial score (nSPS) is 30.7. The Hall–Kier alpha value is -0.560. The molecule has 0 aliphatic heterocycles. The molecule has 0 aromatic rings. The molecule has 1 N–H and O–H groups in total. The minimum atomic E-state index is -0.518. The lowest BCUT2D eigenvalue weighted by Crippen LogP contribution is -2.28. The zero-order valence-corrected chi connectivity index (χ0v) is 8.28. The first-order valence-electron chi connectivity index (χ1n) is 4.49. The van der Waals surface area contributed by atoms with Crippen LogP contribution < -0.4 is 0 Å². The molecule has 1 nitrogen and oxygen atoms in total. The number of allylic oxidation sites excluding steroid dienone is 2. The third kappa shape index (κ3) is 1.98. The monoisotopic (exact) mass is 166 g/mol. The maximum absolute atomic E-state index is 9.76. The van der Waals surface area contributed by atoms with Crippen LogP contribution in [-0.4, -0.2) is 10.7 Å². The molecule has 1 saturated carbocycles. The van der Waals surface area contributed by atoms with E-state index in [1.807, 2.05) is 6.92 Å². The molecule has 0 amide bonds. The first-order chi connectivity index (χ1) is 5.42. The minimum Gasteiger partial charge on any atom is -0.390 e. The first kappa shape index (κ1) is 9.53. The van der Waals surface area contributed by atoms with Gasteiger partial charge in [0, 0.05) is 6.42 Å². The molecule has 1 aliphatic rings. The molecule has 1 aliphatic carbocycles. The summed E-state index contributed by atoms with van der Waals surface area (Å²) in [4.78, 5) is 0. The van der Waals surface area contributed by atoms with Crippen LogP contribution >= 0.6 is 0 Å². The van der Waals surface area contributed by atoms with E-state index in [-0.39, 0.29) is 0 Å². The van der Waals surface area contributed by atoms with Gasteiger partial charge in [-0.1, -0.05) is 12.2 Å². The Morgan fingerprint density at radius 3 is 2.50 bits per heavy atom. The lowest BCUT2D eigenvalue weighted by atomic mass is 9.79. The van der Waals surface area contributed by atoms with Gasteiger partial charge in [0.2, 0.25) is 0 Å². The van der Waals surface area contributed by atoms with Gasteiger partial charge in [0.25, 0.3) is 0 Å². The topological polar surface area (TPSA) is 20.2 Å². The summed E-state index contributed by atoms with van der Waals surface area (Å²) in [6, 6.07) is 0. The van der Waals surface area contributed by atoms with Crippen LogP contribution in [-0.2, 0) is 0 Å². The van der Waals surface area contributed by atoms with Gasteiger partial charge in [-0.05, 0) is 44.8 Å². The maximum atomic E-state index is 9.76. The third-order valence-electron chi connectivity index (χ3n) is 2.54. The van der Waals surface area contributed by atoms with Crippen molar-refractivity contribution in [3.8, 4) is 0 Å². The lowest BCUT2D eigenvalue weighted by molar-refractivity contribution is 0.0456. The molecule has 0 spiro atoms. The van der Waals surface area contributed by atoms with Crippen molar-refractivity contribution in [3.05, 3.63) is 23.3 Å². The van der Waals surface area contributed by atoms with Gasteiger partial charge in [0.15, 0.2) is 0 Å². The summed E-state index contributed by atoms with van der Waals surface area (Å²) < 4.78 is 0. The molecule has 0 aromatic carbocycles. The third-order valence-corrected chi connectivity index (χ3v) is 2.54. The highest BCUT2D eigenvalue weighted by Gasteiger charge is 2.28. The van der Waals surface area contributed by atoms with Gasteiger partial charge in [0.05, 0.1) is 5.60 Å². The average molecular weight is 166 g/mol. The smallest absolute Gasteiger partial charge is 0.0663 e. The summed E-state index contributed by atoms with van der Waals surface area (Å²) in [5, 5.41) is 9.76. The van der Waals surface area contributed by atoms with Crippen molar-refractivity contribution in [1.29, 1.82) is 0 Å². The van der Waals surface area contributed by atoms with Crippen LogP contribution in [0.1, 0.15) is 40.0 Å². The maximum Gasteiger partial charge on any atom is 0.0663 e. The van der Waals surface area contributed by atoms with Crippen LogP contribution in [0.2, 0.25) is 0 Å². The van der Waals surface area contributed by atoms with Crippen molar-refractivity contribution < 1.29 is 5.11 Å². The van der Waals surface area contributed by atoms with Crippen molar-refractivity contribution in [3.63, 3.8) is 0 Å². The highest BCUT2D eigenvalue weighted by molar-refractivity contribution is 5.35. The number of hydrogen-bond acceptors (Lipinski definition) is 1. The van der Waals surface area contributed by atoms with Gasteiger partial charge in [-0.2, -0.15) is 0 Å². The van der Waals surface area contributed by atoms with E-state index < -0.39 is 5.60 Å². The standard InChI is InChI=1S/C11H18O/c1-8(2)10-5-6-11(4,12)7-9(10)3/h12H,3,5-7H2,1-2,4H3. The van der Waals surface area contributed by atoms with Gasteiger partial charge in [-0.3, -0.25) is 0 Å². The lowest BCUT2D eigenvalue weighted by Gasteiger charge is -2.31. The molecule has 0 aromatic heterocycles. The van der Waals surface area contributed by atoms with E-state index in [4.69, 9.17) is 0 Å². The van der Waals surface area contributed by atoms with Gasteiger partial charge in [-0.15, -0.1) is 0 Å². The van der Waals surface area contributed by atoms with Crippen molar-refractivity contribution in [2.45, 2.75) is 45.6 Å². The zero-order chi connectivity index (χ0) is 9.35. The minimum absolute atomic E-state index is 0.518. The molecule has 1 fully saturated rings. The van der Waals surface area contributed by atoms with Gasteiger partial charge < -0.3 is 5.11 Å². The van der Waals surface area contributed by atoms with Crippen LogP contribution in [0.4, 0.5) is 0 Å². The van der Waals surface area contributed by atoms with Crippen LogP contribution in [0.25, 0.3) is 0 Å². The van der Waals surface area contributed by atoms with E-state index in [9.17, 15) is 5.11 Å². The summed E-state index contributed by atoms with van der Waals surface area (Å²) in [6.07, 6.45) is 2.58. The predicted molar refractivity (Wildman–Crippen MR) is 52.0 cm³/mol. The second kappa shape index (κ2) is 3.06. The second-order valence-corrected chi connectivity index (χ2v) is 4.26. The Bertz CT molecular complexity index is 229. The van der Waals surface area contributed by atoms with Crippen molar-refractivity contribution >= 4 is 0 Å². The summed E-state index contributed by atoms with van der Waals surface area (Å²) in [7, 11) is 0. The molecule has 0 saturated heterocycles. The van der Waals surface area contributed by atoms with E-state index >= 15 is 0 Å². The van der Waals surface area contributed by atoms with Gasteiger partial charge in [0.1, 0.15) is 0 Å². The van der Waals surface area contributed by atoms with Crippen molar-refractivity contribution in [1.82, 2.24) is 0 Å². The highest BCUT2D eigenvalue weighted by Crippen LogP contribution is 2.35. The Balaban J connectivity index is 2.81. The quantitative estimate of drug-likeness (QED) is 0.586. The largest absolute Gasteiger partial charge is 0.390 e. The van der Waals surface area contributed by atoms with Crippen LogP contribution in [0.5, 0.6) is 0 Å². The molecular weight excluding hydrogens is 148 g/mol. The summed E-state index contributed by atoms with van der Waals surface area (Å²) in [5.41, 5.74) is 3.30. The first-order valence-corrected chi connectivity index (χ1v) is 4.49. The molecule has 1 unspecified atom stereocenters. The van der Waals surface area contributed by atoms with Gasteiger partial charge >= 0.3 is 0 Å². The van der Waals surface area contributed by atoms with E-state index in [1.54, 1.807) is 0 Å². The van der Waals surface area contributed by atoms with E-state index in [0.717, 1.165) is 24.8 Å². The van der Waals surface area contributed by atoms with Crippen LogP contribution in [0.3, 0.4) is 0 Å². The molecule has 12 heavy (non-hydrogen) atoms. The molecule has 0 bridgehead atoms. The predicted octanol–water partition coefficient (Wildman–Crippen LogP) is 2.81.